The molecule has 0 radical (unpaired) electrons. The SMILES string of the molecule is CCCOc1cccc(-c2ccc(C(=O)NN)c(=O)n2C)c1. The molecule has 0 aliphatic carbocycles. The predicted octanol–water partition coefficient (Wildman–Crippen LogP) is 1.44. The van der Waals surface area contributed by atoms with Crippen molar-refractivity contribution in [2.24, 2.45) is 12.9 Å². The number of hydrogen-bond acceptors (Lipinski definition) is 4. The summed E-state index contributed by atoms with van der Waals surface area (Å²) in [5.41, 5.74) is 3.11. The van der Waals surface area contributed by atoms with Crippen LogP contribution in [0.1, 0.15) is 23.7 Å². The van der Waals surface area contributed by atoms with Crippen LogP contribution in [-0.2, 0) is 7.05 Å². The molecule has 116 valence electrons. The number of carbonyl (C=O) groups excluding carboxylic acids is 1. The molecule has 0 bridgehead atoms. The van der Waals surface area contributed by atoms with Crippen molar-refractivity contribution in [1.29, 1.82) is 0 Å². The van der Waals surface area contributed by atoms with E-state index in [1.807, 2.05) is 36.6 Å². The van der Waals surface area contributed by atoms with E-state index in [4.69, 9.17) is 10.6 Å². The average molecular weight is 301 g/mol. The number of rotatable bonds is 5. The zero-order valence-corrected chi connectivity index (χ0v) is 12.6. The number of hydrazine groups is 1. The van der Waals surface area contributed by atoms with Crippen LogP contribution in [0.25, 0.3) is 11.3 Å². The number of pyridine rings is 1. The Morgan fingerprint density at radius 3 is 2.77 bits per heavy atom. The number of nitrogens with one attached hydrogen (secondary N) is 1. The van der Waals surface area contributed by atoms with Crippen LogP contribution in [-0.4, -0.2) is 17.1 Å². The number of nitrogens with zero attached hydrogens (tertiary/aromatic N) is 1. The lowest BCUT2D eigenvalue weighted by molar-refractivity contribution is 0.0951. The summed E-state index contributed by atoms with van der Waals surface area (Å²) in [7, 11) is 1.62. The number of nitrogen functional groups attached to an aromatic ring is 1. The highest BCUT2D eigenvalue weighted by Crippen LogP contribution is 2.23. The highest BCUT2D eigenvalue weighted by Gasteiger charge is 2.13. The third-order valence-electron chi connectivity index (χ3n) is 3.28. The first-order chi connectivity index (χ1) is 10.6. The molecule has 0 aliphatic heterocycles. The molecule has 0 atom stereocenters. The van der Waals surface area contributed by atoms with Crippen molar-refractivity contribution < 1.29 is 9.53 Å². The topological polar surface area (TPSA) is 86.3 Å². The minimum Gasteiger partial charge on any atom is -0.494 e. The minimum atomic E-state index is -0.604. The quantitative estimate of drug-likeness (QED) is 0.497. The summed E-state index contributed by atoms with van der Waals surface area (Å²) < 4.78 is 7.02. The van der Waals surface area contributed by atoms with E-state index in [-0.39, 0.29) is 5.56 Å². The van der Waals surface area contributed by atoms with Gasteiger partial charge in [-0.25, -0.2) is 5.84 Å². The largest absolute Gasteiger partial charge is 0.494 e. The van der Waals surface area contributed by atoms with Gasteiger partial charge in [0.05, 0.1) is 12.3 Å². The Balaban J connectivity index is 2.43. The number of carbonyl (C=O) groups is 1. The Morgan fingerprint density at radius 2 is 2.09 bits per heavy atom. The molecule has 0 unspecified atom stereocenters. The summed E-state index contributed by atoms with van der Waals surface area (Å²) in [6.45, 7) is 2.67. The number of amides is 1. The van der Waals surface area contributed by atoms with E-state index in [2.05, 4.69) is 0 Å². The second-order valence-corrected chi connectivity index (χ2v) is 4.85. The molecule has 0 fully saturated rings. The zero-order valence-electron chi connectivity index (χ0n) is 12.6. The molecule has 1 aromatic heterocycles. The smallest absolute Gasteiger partial charge is 0.270 e. The molecule has 0 spiro atoms. The maximum Gasteiger partial charge on any atom is 0.270 e. The summed E-state index contributed by atoms with van der Waals surface area (Å²) >= 11 is 0. The van der Waals surface area contributed by atoms with E-state index in [0.717, 1.165) is 17.7 Å². The second kappa shape index (κ2) is 6.91. The fourth-order valence-electron chi connectivity index (χ4n) is 2.14. The highest BCUT2D eigenvalue weighted by atomic mass is 16.5. The lowest BCUT2D eigenvalue weighted by atomic mass is 10.1. The highest BCUT2D eigenvalue weighted by molar-refractivity contribution is 5.93. The zero-order chi connectivity index (χ0) is 16.1. The van der Waals surface area contributed by atoms with Crippen molar-refractivity contribution in [3.05, 3.63) is 52.3 Å². The molecule has 1 heterocycles. The van der Waals surface area contributed by atoms with Crippen LogP contribution >= 0.6 is 0 Å². The van der Waals surface area contributed by atoms with E-state index in [1.54, 1.807) is 13.1 Å². The Kier molecular flexibility index (Phi) is 4.95. The molecule has 22 heavy (non-hydrogen) atoms. The number of benzene rings is 1. The van der Waals surface area contributed by atoms with Gasteiger partial charge in [0.25, 0.3) is 11.5 Å². The van der Waals surface area contributed by atoms with Crippen molar-refractivity contribution >= 4 is 5.91 Å². The van der Waals surface area contributed by atoms with Gasteiger partial charge in [0.2, 0.25) is 0 Å². The Labute approximate surface area is 128 Å². The van der Waals surface area contributed by atoms with Crippen LogP contribution < -0.4 is 21.6 Å². The van der Waals surface area contributed by atoms with E-state index >= 15 is 0 Å². The van der Waals surface area contributed by atoms with E-state index in [9.17, 15) is 9.59 Å². The van der Waals surface area contributed by atoms with Gasteiger partial charge in [-0.1, -0.05) is 19.1 Å². The molecular weight excluding hydrogens is 282 g/mol. The van der Waals surface area contributed by atoms with Gasteiger partial charge in [0.15, 0.2) is 0 Å². The molecule has 6 heteroatoms. The number of hydrogen-bond donors (Lipinski definition) is 2. The molecule has 1 amide bonds. The summed E-state index contributed by atoms with van der Waals surface area (Å²) in [5, 5.41) is 0. The predicted molar refractivity (Wildman–Crippen MR) is 84.6 cm³/mol. The number of aromatic nitrogens is 1. The summed E-state index contributed by atoms with van der Waals surface area (Å²) in [4.78, 5) is 23.8. The Bertz CT molecular complexity index is 738. The lowest BCUT2D eigenvalue weighted by Gasteiger charge is -2.11. The molecule has 0 saturated carbocycles. The summed E-state index contributed by atoms with van der Waals surface area (Å²) in [6.07, 6.45) is 0.922. The molecule has 0 saturated heterocycles. The van der Waals surface area contributed by atoms with Gasteiger partial charge < -0.3 is 9.30 Å². The van der Waals surface area contributed by atoms with E-state index in [0.29, 0.717) is 12.3 Å². The van der Waals surface area contributed by atoms with Gasteiger partial charge in [0, 0.05) is 12.6 Å². The lowest BCUT2D eigenvalue weighted by Crippen LogP contribution is -2.36. The van der Waals surface area contributed by atoms with Crippen molar-refractivity contribution in [2.75, 3.05) is 6.61 Å². The molecule has 1 aromatic carbocycles. The molecule has 2 rings (SSSR count). The van der Waals surface area contributed by atoms with E-state index < -0.39 is 11.5 Å². The first kappa shape index (κ1) is 15.8. The van der Waals surface area contributed by atoms with Gasteiger partial charge in [-0.2, -0.15) is 0 Å². The van der Waals surface area contributed by atoms with Crippen molar-refractivity contribution in [3.8, 4) is 17.0 Å². The van der Waals surface area contributed by atoms with E-state index in [1.165, 1.54) is 10.6 Å². The average Bonchev–Trinajstić information content (AvgIpc) is 2.55. The van der Waals surface area contributed by atoms with Gasteiger partial charge in [-0.15, -0.1) is 0 Å². The van der Waals surface area contributed by atoms with Gasteiger partial charge in [-0.3, -0.25) is 15.0 Å². The Morgan fingerprint density at radius 1 is 1.32 bits per heavy atom. The van der Waals surface area contributed by atoms with Crippen molar-refractivity contribution in [2.45, 2.75) is 13.3 Å². The van der Waals surface area contributed by atoms with Crippen LogP contribution in [0.4, 0.5) is 0 Å². The molecule has 3 N–H and O–H groups in total. The number of ether oxygens (including phenoxy) is 1. The van der Waals surface area contributed by atoms with Crippen LogP contribution in [0.15, 0.2) is 41.2 Å². The van der Waals surface area contributed by atoms with Crippen LogP contribution in [0, 0.1) is 0 Å². The monoisotopic (exact) mass is 301 g/mol. The fourth-order valence-corrected chi connectivity index (χ4v) is 2.14. The fraction of sp³-hybridized carbons (Fsp3) is 0.250. The Hall–Kier alpha value is -2.60. The summed E-state index contributed by atoms with van der Waals surface area (Å²) in [5.74, 6) is 5.22. The van der Waals surface area contributed by atoms with Gasteiger partial charge >= 0.3 is 0 Å². The summed E-state index contributed by atoms with van der Waals surface area (Å²) in [6, 6.07) is 10.7. The minimum absolute atomic E-state index is 0.00661. The maximum absolute atomic E-state index is 12.2. The first-order valence-corrected chi connectivity index (χ1v) is 7.02. The normalized spacial score (nSPS) is 10.3. The van der Waals surface area contributed by atoms with Crippen molar-refractivity contribution in [3.63, 3.8) is 0 Å². The first-order valence-electron chi connectivity index (χ1n) is 7.02. The maximum atomic E-state index is 12.2. The number of nitrogens with two attached hydrogens (primary N) is 1. The molecule has 0 aliphatic rings. The molecular formula is C16H19N3O3. The van der Waals surface area contributed by atoms with Crippen LogP contribution in [0.3, 0.4) is 0 Å². The molecule has 2 aromatic rings. The van der Waals surface area contributed by atoms with Crippen LogP contribution in [0.2, 0.25) is 0 Å². The standard InChI is InChI=1S/C16H19N3O3/c1-3-9-22-12-6-4-5-11(10-12)14-8-7-13(15(20)18-17)16(21)19(14)2/h4-8,10H,3,9,17H2,1-2H3,(H,18,20). The van der Waals surface area contributed by atoms with Gasteiger partial charge in [0.1, 0.15) is 11.3 Å². The molecule has 6 nitrogen and oxygen atoms in total. The third kappa shape index (κ3) is 3.17. The third-order valence-corrected chi connectivity index (χ3v) is 3.28. The van der Waals surface area contributed by atoms with Crippen LogP contribution in [0.5, 0.6) is 5.75 Å². The van der Waals surface area contributed by atoms with Crippen molar-refractivity contribution in [1.82, 2.24) is 9.99 Å². The second-order valence-electron chi connectivity index (χ2n) is 4.85. The van der Waals surface area contributed by atoms with Gasteiger partial charge in [-0.05, 0) is 30.7 Å².